The Morgan fingerprint density at radius 2 is 2.12 bits per heavy atom. The molecule has 0 aliphatic carbocycles. The van der Waals surface area contributed by atoms with Gasteiger partial charge in [0, 0.05) is 25.3 Å². The monoisotopic (exact) mass is 409 g/mol. The number of benzene rings is 1. The van der Waals surface area contributed by atoms with Gasteiger partial charge in [0.05, 0.1) is 16.2 Å². The molecule has 5 nitrogen and oxygen atoms in total. The summed E-state index contributed by atoms with van der Waals surface area (Å²) in [5.74, 6) is 0.518. The first kappa shape index (κ1) is 17.6. The summed E-state index contributed by atoms with van der Waals surface area (Å²) in [7, 11) is 2.10. The summed E-state index contributed by atoms with van der Waals surface area (Å²) in [5, 5.41) is 7.13. The number of aromatic nitrogens is 2. The molecule has 1 aliphatic rings. The molecule has 0 amide bonds. The maximum Gasteiger partial charge on any atom is 0.228 e. The molecule has 1 saturated heterocycles. The molecule has 0 spiro atoms. The fraction of sp³-hybridized carbons (Fsp3) is 0.412. The van der Waals surface area contributed by atoms with Crippen LogP contribution >= 0.6 is 27.5 Å². The third kappa shape index (κ3) is 3.72. The van der Waals surface area contributed by atoms with E-state index in [2.05, 4.69) is 69.5 Å². The first-order chi connectivity index (χ1) is 11.5. The largest absolute Gasteiger partial charge is 0.324 e. The zero-order chi connectivity index (χ0) is 17.3. The summed E-state index contributed by atoms with van der Waals surface area (Å²) >= 11 is 9.89. The van der Waals surface area contributed by atoms with Crippen molar-refractivity contribution in [1.82, 2.24) is 20.2 Å². The molecule has 3 rings (SSSR count). The molecule has 1 aromatic carbocycles. The molecule has 1 atom stereocenters. The van der Waals surface area contributed by atoms with E-state index >= 15 is 0 Å². The van der Waals surface area contributed by atoms with Gasteiger partial charge < -0.3 is 10.6 Å². The van der Waals surface area contributed by atoms with Crippen LogP contribution in [0.1, 0.15) is 22.9 Å². The van der Waals surface area contributed by atoms with Crippen LogP contribution in [0.5, 0.6) is 0 Å². The third-order valence-corrected chi connectivity index (χ3v) is 5.58. The van der Waals surface area contributed by atoms with E-state index in [1.807, 2.05) is 6.07 Å². The molecule has 1 unspecified atom stereocenters. The number of anilines is 2. The van der Waals surface area contributed by atoms with Gasteiger partial charge in [-0.3, -0.25) is 4.90 Å². The molecule has 1 fully saturated rings. The summed E-state index contributed by atoms with van der Waals surface area (Å²) in [4.78, 5) is 11.4. The molecule has 0 radical (unpaired) electrons. The summed E-state index contributed by atoms with van der Waals surface area (Å²) in [6, 6.07) is 6.39. The van der Waals surface area contributed by atoms with Gasteiger partial charge in [-0.25, -0.2) is 4.98 Å². The molecule has 2 N–H and O–H groups in total. The molecule has 1 aliphatic heterocycles. The van der Waals surface area contributed by atoms with E-state index in [1.54, 1.807) is 0 Å². The number of hydrogen-bond donors (Lipinski definition) is 2. The van der Waals surface area contributed by atoms with Gasteiger partial charge in [-0.2, -0.15) is 4.98 Å². The molecule has 24 heavy (non-hydrogen) atoms. The van der Waals surface area contributed by atoms with Crippen LogP contribution in [-0.4, -0.2) is 41.5 Å². The maximum atomic E-state index is 6.34. The van der Waals surface area contributed by atoms with Crippen LogP contribution < -0.4 is 10.6 Å². The van der Waals surface area contributed by atoms with E-state index in [-0.39, 0.29) is 6.04 Å². The fourth-order valence-corrected chi connectivity index (χ4v) is 3.52. The zero-order valence-corrected chi connectivity index (χ0v) is 16.4. The predicted octanol–water partition coefficient (Wildman–Crippen LogP) is 3.83. The molecular weight excluding hydrogens is 390 g/mol. The van der Waals surface area contributed by atoms with Crippen LogP contribution in [0.25, 0.3) is 0 Å². The number of nitrogens with one attached hydrogen (secondary N) is 2. The Morgan fingerprint density at radius 1 is 1.33 bits per heavy atom. The average molecular weight is 411 g/mol. The Bertz CT molecular complexity index is 752. The molecule has 2 aromatic rings. The second-order valence-electron chi connectivity index (χ2n) is 6.18. The first-order valence-electron chi connectivity index (χ1n) is 7.94. The van der Waals surface area contributed by atoms with Gasteiger partial charge in [0.2, 0.25) is 5.95 Å². The number of rotatable bonds is 3. The number of hydrogen-bond acceptors (Lipinski definition) is 5. The van der Waals surface area contributed by atoms with Crippen molar-refractivity contribution < 1.29 is 0 Å². The quantitative estimate of drug-likeness (QED) is 0.753. The van der Waals surface area contributed by atoms with Crippen molar-refractivity contribution in [2.75, 3.05) is 32.0 Å². The van der Waals surface area contributed by atoms with Gasteiger partial charge >= 0.3 is 0 Å². The van der Waals surface area contributed by atoms with E-state index < -0.39 is 0 Å². The number of aryl methyl sites for hydroxylation is 2. The van der Waals surface area contributed by atoms with Crippen molar-refractivity contribution in [2.24, 2.45) is 0 Å². The average Bonchev–Trinajstić information content (AvgIpc) is 2.54. The number of likely N-dealkylation sites (N-methyl/N-ethyl adjacent to an activating group) is 1. The minimum absolute atomic E-state index is 0.160. The molecule has 7 heteroatoms. The Kier molecular flexibility index (Phi) is 5.39. The van der Waals surface area contributed by atoms with E-state index in [0.717, 1.165) is 41.1 Å². The molecule has 0 saturated carbocycles. The highest BCUT2D eigenvalue weighted by Crippen LogP contribution is 2.32. The lowest BCUT2D eigenvalue weighted by molar-refractivity contribution is 0.198. The molecular formula is C17H21BrClN5. The smallest absolute Gasteiger partial charge is 0.228 e. The van der Waals surface area contributed by atoms with Crippen LogP contribution in [0.3, 0.4) is 0 Å². The summed E-state index contributed by atoms with van der Waals surface area (Å²) < 4.78 is 0.760. The molecule has 1 aromatic heterocycles. The van der Waals surface area contributed by atoms with Crippen LogP contribution in [-0.2, 0) is 0 Å². The summed E-state index contributed by atoms with van der Waals surface area (Å²) in [6.45, 7) is 6.93. The summed E-state index contributed by atoms with van der Waals surface area (Å²) in [6.07, 6.45) is 0. The summed E-state index contributed by atoms with van der Waals surface area (Å²) in [5.41, 5.74) is 4.26. The van der Waals surface area contributed by atoms with E-state index in [1.165, 1.54) is 5.56 Å². The van der Waals surface area contributed by atoms with Crippen molar-refractivity contribution in [3.05, 3.63) is 44.6 Å². The van der Waals surface area contributed by atoms with Gasteiger partial charge in [-0.05, 0) is 48.5 Å². The van der Waals surface area contributed by atoms with E-state index in [9.17, 15) is 0 Å². The Morgan fingerprint density at radius 3 is 2.83 bits per heavy atom. The lowest BCUT2D eigenvalue weighted by atomic mass is 10.1. The minimum atomic E-state index is 0.160. The van der Waals surface area contributed by atoms with Gasteiger partial charge in [0.25, 0.3) is 0 Å². The van der Waals surface area contributed by atoms with Gasteiger partial charge in [0.15, 0.2) is 0 Å². The van der Waals surface area contributed by atoms with E-state index in [0.29, 0.717) is 11.1 Å². The van der Waals surface area contributed by atoms with Crippen LogP contribution in [0.2, 0.25) is 5.15 Å². The lowest BCUT2D eigenvalue weighted by Gasteiger charge is -2.33. The van der Waals surface area contributed by atoms with Crippen LogP contribution in [0.15, 0.2) is 22.7 Å². The number of piperazine rings is 1. The van der Waals surface area contributed by atoms with Crippen molar-refractivity contribution in [1.29, 1.82) is 0 Å². The Labute approximate surface area is 156 Å². The Hall–Kier alpha value is -1.21. The highest BCUT2D eigenvalue weighted by atomic mass is 79.9. The van der Waals surface area contributed by atoms with Crippen molar-refractivity contribution in [3.63, 3.8) is 0 Å². The second kappa shape index (κ2) is 7.35. The van der Waals surface area contributed by atoms with Crippen molar-refractivity contribution >= 4 is 39.2 Å². The highest BCUT2D eigenvalue weighted by Gasteiger charge is 2.26. The van der Waals surface area contributed by atoms with Crippen molar-refractivity contribution in [2.45, 2.75) is 19.9 Å². The predicted molar refractivity (Wildman–Crippen MR) is 102 cm³/mol. The minimum Gasteiger partial charge on any atom is -0.324 e. The van der Waals surface area contributed by atoms with Crippen LogP contribution in [0, 0.1) is 13.8 Å². The maximum absolute atomic E-state index is 6.34. The number of nitrogens with zero attached hydrogens (tertiary/aromatic N) is 3. The standard InChI is InChI=1S/C17H21BrClN5/c1-10-4-5-12(11(2)8-10)21-17-22-15(14(18)16(19)23-17)13-9-20-6-7-24(13)3/h4-5,8,13,20H,6-7,9H2,1-3H3,(H,21,22,23). The Balaban J connectivity index is 1.94. The molecule has 2 heterocycles. The number of halogens is 2. The fourth-order valence-electron chi connectivity index (χ4n) is 2.90. The van der Waals surface area contributed by atoms with Crippen molar-refractivity contribution in [3.8, 4) is 0 Å². The van der Waals surface area contributed by atoms with E-state index in [4.69, 9.17) is 16.6 Å². The van der Waals surface area contributed by atoms with Gasteiger partial charge in [0.1, 0.15) is 5.15 Å². The molecule has 128 valence electrons. The third-order valence-electron chi connectivity index (χ3n) is 4.29. The zero-order valence-electron chi connectivity index (χ0n) is 14.0. The highest BCUT2D eigenvalue weighted by molar-refractivity contribution is 9.10. The topological polar surface area (TPSA) is 53.1 Å². The van der Waals surface area contributed by atoms with Gasteiger partial charge in [-0.1, -0.05) is 29.3 Å². The van der Waals surface area contributed by atoms with Crippen LogP contribution in [0.4, 0.5) is 11.6 Å². The molecule has 0 bridgehead atoms. The first-order valence-corrected chi connectivity index (χ1v) is 9.11. The lowest BCUT2D eigenvalue weighted by Crippen LogP contribution is -2.44. The van der Waals surface area contributed by atoms with Gasteiger partial charge in [-0.15, -0.1) is 0 Å². The second-order valence-corrected chi connectivity index (χ2v) is 7.33. The normalized spacial score (nSPS) is 18.6. The SMILES string of the molecule is Cc1ccc(Nc2nc(Cl)c(Br)c(C3CNCCN3C)n2)c(C)c1.